The van der Waals surface area contributed by atoms with E-state index in [1.807, 2.05) is 95.8 Å². The molecule has 0 unspecified atom stereocenters. The Hall–Kier alpha value is -3.74. The van der Waals surface area contributed by atoms with Crippen LogP contribution in [0.1, 0.15) is 23.4 Å². The van der Waals surface area contributed by atoms with Crippen molar-refractivity contribution in [2.75, 3.05) is 0 Å². The minimum Gasteiger partial charge on any atom is -0.481 e. The molecule has 34 heavy (non-hydrogen) atoms. The standard InChI is InChI=1S/C27H20ClN3O2S/c28-21-8-6-7-18(16-21)26-20(17-31(30-26)22-9-2-1-3-10-22)15-19(13-14-25(32)33)27-29-23-11-4-5-12-24(23)34-27/h1-12,15-17H,13-14H2,(H,32,33)/b19-15+. The average Bonchev–Trinajstić information content (AvgIpc) is 3.46. The maximum Gasteiger partial charge on any atom is 0.303 e. The molecule has 5 aromatic rings. The maximum absolute atomic E-state index is 11.4. The lowest BCUT2D eigenvalue weighted by atomic mass is 10.0. The second-order valence-corrected chi connectivity index (χ2v) is 9.24. The molecule has 2 heterocycles. The van der Waals surface area contributed by atoms with Gasteiger partial charge in [0, 0.05) is 28.8 Å². The molecular formula is C27H20ClN3O2S. The number of carboxylic acid groups (broad SMARTS) is 1. The third-order valence-electron chi connectivity index (χ3n) is 5.37. The summed E-state index contributed by atoms with van der Waals surface area (Å²) in [5.74, 6) is -0.845. The topological polar surface area (TPSA) is 68.0 Å². The molecule has 1 N–H and O–H groups in total. The first-order chi connectivity index (χ1) is 16.6. The van der Waals surface area contributed by atoms with E-state index in [1.165, 1.54) is 0 Å². The van der Waals surface area contributed by atoms with E-state index in [4.69, 9.17) is 21.7 Å². The predicted molar refractivity (Wildman–Crippen MR) is 138 cm³/mol. The van der Waals surface area contributed by atoms with Crippen molar-refractivity contribution in [3.8, 4) is 16.9 Å². The number of carbonyl (C=O) groups is 1. The Bertz CT molecular complexity index is 1470. The number of carboxylic acids is 1. The number of aliphatic carboxylic acids is 1. The Kier molecular flexibility index (Phi) is 6.25. The first-order valence-corrected chi connectivity index (χ1v) is 12.0. The number of para-hydroxylation sites is 2. The Morgan fingerprint density at radius 2 is 1.79 bits per heavy atom. The number of hydrogen-bond donors (Lipinski definition) is 1. The second-order valence-electron chi connectivity index (χ2n) is 7.77. The molecule has 0 fully saturated rings. The summed E-state index contributed by atoms with van der Waals surface area (Å²) in [4.78, 5) is 16.2. The van der Waals surface area contributed by atoms with Crippen LogP contribution in [0.25, 0.3) is 38.8 Å². The molecule has 0 aliphatic heterocycles. The van der Waals surface area contributed by atoms with Crippen molar-refractivity contribution in [3.05, 3.63) is 101 Å². The molecule has 3 aromatic carbocycles. The van der Waals surface area contributed by atoms with E-state index in [9.17, 15) is 9.90 Å². The molecule has 0 saturated heterocycles. The highest BCUT2D eigenvalue weighted by Crippen LogP contribution is 2.34. The highest BCUT2D eigenvalue weighted by molar-refractivity contribution is 7.19. The van der Waals surface area contributed by atoms with Crippen LogP contribution in [0.2, 0.25) is 5.02 Å². The first kappa shape index (κ1) is 22.1. The first-order valence-electron chi connectivity index (χ1n) is 10.8. The average molecular weight is 486 g/mol. The molecule has 0 spiro atoms. The van der Waals surface area contributed by atoms with Gasteiger partial charge in [-0.1, -0.05) is 54.1 Å². The van der Waals surface area contributed by atoms with Crippen molar-refractivity contribution in [3.63, 3.8) is 0 Å². The normalized spacial score (nSPS) is 11.7. The molecule has 5 rings (SSSR count). The zero-order chi connectivity index (χ0) is 23.5. The number of halogens is 1. The molecule has 2 aromatic heterocycles. The van der Waals surface area contributed by atoms with Gasteiger partial charge in [0.2, 0.25) is 0 Å². The van der Waals surface area contributed by atoms with Crippen LogP contribution < -0.4 is 0 Å². The summed E-state index contributed by atoms with van der Waals surface area (Å²) < 4.78 is 2.89. The van der Waals surface area contributed by atoms with E-state index >= 15 is 0 Å². The summed E-state index contributed by atoms with van der Waals surface area (Å²) in [5.41, 5.74) is 5.21. The van der Waals surface area contributed by atoms with Crippen molar-refractivity contribution in [1.29, 1.82) is 0 Å². The molecule has 0 atom stereocenters. The summed E-state index contributed by atoms with van der Waals surface area (Å²) in [7, 11) is 0. The summed E-state index contributed by atoms with van der Waals surface area (Å²) in [5, 5.41) is 15.6. The van der Waals surface area contributed by atoms with Gasteiger partial charge in [0.1, 0.15) is 10.7 Å². The minimum absolute atomic E-state index is 0.0150. The van der Waals surface area contributed by atoms with E-state index < -0.39 is 5.97 Å². The minimum atomic E-state index is -0.845. The number of thiazole rings is 1. The van der Waals surface area contributed by atoms with Crippen LogP contribution in [-0.2, 0) is 4.79 Å². The lowest BCUT2D eigenvalue weighted by Crippen LogP contribution is -1.95. The van der Waals surface area contributed by atoms with Gasteiger partial charge in [0.05, 0.1) is 15.9 Å². The number of allylic oxidation sites excluding steroid dienone is 1. The SMILES string of the molecule is O=C(O)CC/C(=C\c1cn(-c2ccccc2)nc1-c1cccc(Cl)c1)c1nc2ccccc2s1. The maximum atomic E-state index is 11.4. The third kappa shape index (κ3) is 4.78. The molecule has 5 nitrogen and oxygen atoms in total. The van der Waals surface area contributed by atoms with Gasteiger partial charge in [-0.2, -0.15) is 5.10 Å². The van der Waals surface area contributed by atoms with E-state index in [0.717, 1.165) is 43.3 Å². The molecular weight excluding hydrogens is 466 g/mol. The van der Waals surface area contributed by atoms with Gasteiger partial charge in [-0.05, 0) is 54.5 Å². The molecule has 0 saturated carbocycles. The number of benzene rings is 3. The number of aromatic nitrogens is 3. The van der Waals surface area contributed by atoms with Crippen LogP contribution in [0.3, 0.4) is 0 Å². The van der Waals surface area contributed by atoms with E-state index in [1.54, 1.807) is 11.3 Å². The van der Waals surface area contributed by atoms with E-state index in [2.05, 4.69) is 0 Å². The lowest BCUT2D eigenvalue weighted by Gasteiger charge is -2.04. The van der Waals surface area contributed by atoms with Gasteiger partial charge in [0.25, 0.3) is 0 Å². The highest BCUT2D eigenvalue weighted by Gasteiger charge is 2.16. The zero-order valence-electron chi connectivity index (χ0n) is 18.1. The van der Waals surface area contributed by atoms with Crippen LogP contribution >= 0.6 is 22.9 Å². The Morgan fingerprint density at radius 1 is 1.00 bits per heavy atom. The fourth-order valence-electron chi connectivity index (χ4n) is 3.75. The summed E-state index contributed by atoms with van der Waals surface area (Å²) in [6.07, 6.45) is 4.34. The monoisotopic (exact) mass is 485 g/mol. The van der Waals surface area contributed by atoms with Crippen molar-refractivity contribution in [2.24, 2.45) is 0 Å². The van der Waals surface area contributed by atoms with Crippen LogP contribution in [0.15, 0.2) is 85.1 Å². The van der Waals surface area contributed by atoms with Crippen LogP contribution in [-0.4, -0.2) is 25.8 Å². The largest absolute Gasteiger partial charge is 0.481 e. The third-order valence-corrected chi connectivity index (χ3v) is 6.71. The van der Waals surface area contributed by atoms with Gasteiger partial charge in [0.15, 0.2) is 0 Å². The molecule has 0 amide bonds. The summed E-state index contributed by atoms with van der Waals surface area (Å²) in [6, 6.07) is 25.4. The van der Waals surface area contributed by atoms with Gasteiger partial charge in [-0.25, -0.2) is 9.67 Å². The van der Waals surface area contributed by atoms with E-state index in [0.29, 0.717) is 11.4 Å². The van der Waals surface area contributed by atoms with Crippen molar-refractivity contribution < 1.29 is 9.90 Å². The summed E-state index contributed by atoms with van der Waals surface area (Å²) in [6.45, 7) is 0. The lowest BCUT2D eigenvalue weighted by molar-refractivity contribution is -0.136. The van der Waals surface area contributed by atoms with Gasteiger partial charge < -0.3 is 5.11 Å². The summed E-state index contributed by atoms with van der Waals surface area (Å²) >= 11 is 7.84. The Balaban J connectivity index is 1.67. The quantitative estimate of drug-likeness (QED) is 0.264. The smallest absolute Gasteiger partial charge is 0.303 e. The number of fused-ring (bicyclic) bond motifs is 1. The van der Waals surface area contributed by atoms with Crippen molar-refractivity contribution in [1.82, 2.24) is 14.8 Å². The number of nitrogens with zero attached hydrogens (tertiary/aromatic N) is 3. The second kappa shape index (κ2) is 9.63. The van der Waals surface area contributed by atoms with Crippen molar-refractivity contribution >= 4 is 50.8 Å². The number of hydrogen-bond acceptors (Lipinski definition) is 4. The highest BCUT2D eigenvalue weighted by atomic mass is 35.5. The molecule has 168 valence electrons. The Labute approximate surface area is 205 Å². The van der Waals surface area contributed by atoms with Crippen LogP contribution in [0, 0.1) is 0 Å². The van der Waals surface area contributed by atoms with Crippen LogP contribution in [0.5, 0.6) is 0 Å². The molecule has 0 aliphatic rings. The predicted octanol–water partition coefficient (Wildman–Crippen LogP) is 7.21. The molecule has 0 aliphatic carbocycles. The Morgan fingerprint density at radius 3 is 2.56 bits per heavy atom. The van der Waals surface area contributed by atoms with Gasteiger partial charge in [-0.3, -0.25) is 4.79 Å². The zero-order valence-corrected chi connectivity index (χ0v) is 19.6. The van der Waals surface area contributed by atoms with Crippen molar-refractivity contribution in [2.45, 2.75) is 12.8 Å². The fraction of sp³-hybridized carbons (Fsp3) is 0.0741. The van der Waals surface area contributed by atoms with Crippen LogP contribution in [0.4, 0.5) is 0 Å². The molecule has 7 heteroatoms. The van der Waals surface area contributed by atoms with Gasteiger partial charge in [-0.15, -0.1) is 11.3 Å². The van der Waals surface area contributed by atoms with E-state index in [-0.39, 0.29) is 6.42 Å². The molecule has 0 bridgehead atoms. The van der Waals surface area contributed by atoms with Gasteiger partial charge >= 0.3 is 5.97 Å². The number of rotatable bonds is 7. The fourth-order valence-corrected chi connectivity index (χ4v) is 4.95. The molecule has 0 radical (unpaired) electrons.